The molecule has 1 heterocycles. The summed E-state index contributed by atoms with van der Waals surface area (Å²) in [6.45, 7) is 5.11. The van der Waals surface area contributed by atoms with Crippen LogP contribution in [-0.4, -0.2) is 48.2 Å². The molecular formula is C17H23NO5. The maximum absolute atomic E-state index is 12.6. The molecule has 0 saturated carbocycles. The number of likely N-dealkylation sites (tertiary alicyclic amines) is 1. The molecule has 1 N–H and O–H groups in total. The highest BCUT2D eigenvalue weighted by Gasteiger charge is 2.34. The number of rotatable bonds is 6. The van der Waals surface area contributed by atoms with Crippen LogP contribution in [0.1, 0.15) is 37.0 Å². The minimum absolute atomic E-state index is 0.288. The maximum Gasteiger partial charge on any atom is 0.326 e. The Morgan fingerprint density at radius 3 is 2.70 bits per heavy atom. The number of benzene rings is 1. The molecular weight excluding hydrogens is 298 g/mol. The van der Waals surface area contributed by atoms with E-state index in [0.717, 1.165) is 0 Å². The van der Waals surface area contributed by atoms with Crippen LogP contribution in [0.15, 0.2) is 18.2 Å². The summed E-state index contributed by atoms with van der Waals surface area (Å²) in [6, 6.07) is 4.21. The average Bonchev–Trinajstić information content (AvgIpc) is 3.01. The van der Waals surface area contributed by atoms with E-state index in [2.05, 4.69) is 0 Å². The molecule has 0 aliphatic carbocycles. The van der Waals surface area contributed by atoms with Crippen LogP contribution in [0.25, 0.3) is 0 Å². The van der Waals surface area contributed by atoms with Gasteiger partial charge in [0.25, 0.3) is 5.91 Å². The predicted octanol–water partition coefficient (Wildman–Crippen LogP) is 2.42. The zero-order valence-corrected chi connectivity index (χ0v) is 13.7. The van der Waals surface area contributed by atoms with E-state index >= 15 is 0 Å². The third-order valence-corrected chi connectivity index (χ3v) is 3.78. The van der Waals surface area contributed by atoms with Crippen LogP contribution in [0.4, 0.5) is 0 Å². The van der Waals surface area contributed by atoms with Gasteiger partial charge in [-0.1, -0.05) is 13.8 Å². The van der Waals surface area contributed by atoms with Crippen LogP contribution in [0.2, 0.25) is 0 Å². The first-order valence-corrected chi connectivity index (χ1v) is 7.78. The molecule has 126 valence electrons. The van der Waals surface area contributed by atoms with Crippen LogP contribution in [0.3, 0.4) is 0 Å². The molecule has 6 heteroatoms. The second-order valence-electron chi connectivity index (χ2n) is 6.07. The molecule has 1 unspecified atom stereocenters. The van der Waals surface area contributed by atoms with E-state index in [9.17, 15) is 14.7 Å². The summed E-state index contributed by atoms with van der Waals surface area (Å²) in [5.41, 5.74) is 0.409. The van der Waals surface area contributed by atoms with Crippen LogP contribution < -0.4 is 9.47 Å². The highest BCUT2D eigenvalue weighted by molar-refractivity contribution is 5.97. The van der Waals surface area contributed by atoms with Gasteiger partial charge in [0.2, 0.25) is 0 Å². The molecule has 23 heavy (non-hydrogen) atoms. The topological polar surface area (TPSA) is 76.1 Å². The van der Waals surface area contributed by atoms with E-state index in [0.29, 0.717) is 49.0 Å². The van der Waals surface area contributed by atoms with E-state index in [-0.39, 0.29) is 5.91 Å². The summed E-state index contributed by atoms with van der Waals surface area (Å²) in [5, 5.41) is 9.21. The molecule has 1 aliphatic heterocycles. The summed E-state index contributed by atoms with van der Waals surface area (Å²) < 4.78 is 11.0. The summed E-state index contributed by atoms with van der Waals surface area (Å²) in [7, 11) is 1.52. The average molecular weight is 321 g/mol. The van der Waals surface area contributed by atoms with Crippen molar-refractivity contribution in [2.75, 3.05) is 20.3 Å². The lowest BCUT2D eigenvalue weighted by Crippen LogP contribution is -2.40. The molecule has 0 spiro atoms. The molecule has 1 aromatic rings. The third kappa shape index (κ3) is 3.94. The molecule has 1 fully saturated rings. The van der Waals surface area contributed by atoms with Crippen molar-refractivity contribution in [1.29, 1.82) is 0 Å². The van der Waals surface area contributed by atoms with Crippen molar-refractivity contribution in [3.05, 3.63) is 23.8 Å². The number of carboxylic acids is 1. The number of carbonyl (C=O) groups is 2. The Morgan fingerprint density at radius 1 is 1.35 bits per heavy atom. The zero-order chi connectivity index (χ0) is 17.0. The van der Waals surface area contributed by atoms with Gasteiger partial charge in [-0.25, -0.2) is 4.79 Å². The molecule has 6 nitrogen and oxygen atoms in total. The van der Waals surface area contributed by atoms with Gasteiger partial charge in [-0.2, -0.15) is 0 Å². The number of carbonyl (C=O) groups excluding carboxylic acids is 1. The Hall–Kier alpha value is -2.24. The Kier molecular flexibility index (Phi) is 5.47. The van der Waals surface area contributed by atoms with Crippen LogP contribution in [0.5, 0.6) is 11.5 Å². The largest absolute Gasteiger partial charge is 0.493 e. The van der Waals surface area contributed by atoms with Gasteiger partial charge >= 0.3 is 5.97 Å². The van der Waals surface area contributed by atoms with Gasteiger partial charge in [0, 0.05) is 12.1 Å². The number of hydrogen-bond acceptors (Lipinski definition) is 4. The van der Waals surface area contributed by atoms with Crippen molar-refractivity contribution in [3.63, 3.8) is 0 Å². The normalized spacial score (nSPS) is 17.4. The van der Waals surface area contributed by atoms with Crippen molar-refractivity contribution < 1.29 is 24.2 Å². The standard InChI is InChI=1S/C17H23NO5/c1-11(2)10-23-14-7-6-12(9-15(14)22-3)16(19)18-8-4-5-13(18)17(20)21/h6-7,9,11,13H,4-5,8,10H2,1-3H3,(H,20,21). The number of ether oxygens (including phenoxy) is 2. The van der Waals surface area contributed by atoms with Gasteiger partial charge in [-0.15, -0.1) is 0 Å². The fourth-order valence-electron chi connectivity index (χ4n) is 2.61. The van der Waals surface area contributed by atoms with Crippen LogP contribution >= 0.6 is 0 Å². The van der Waals surface area contributed by atoms with Crippen molar-refractivity contribution in [3.8, 4) is 11.5 Å². The molecule has 1 aliphatic rings. The summed E-state index contributed by atoms with van der Waals surface area (Å²) >= 11 is 0. The zero-order valence-electron chi connectivity index (χ0n) is 13.7. The number of carboxylic acid groups (broad SMARTS) is 1. The predicted molar refractivity (Wildman–Crippen MR) is 85.0 cm³/mol. The molecule has 1 aromatic carbocycles. The van der Waals surface area contributed by atoms with Crippen LogP contribution in [0, 0.1) is 5.92 Å². The summed E-state index contributed by atoms with van der Waals surface area (Å²) in [4.78, 5) is 25.2. The van der Waals surface area contributed by atoms with Gasteiger partial charge in [-0.3, -0.25) is 4.79 Å². The Labute approximate surface area is 136 Å². The lowest BCUT2D eigenvalue weighted by molar-refractivity contribution is -0.141. The van der Waals surface area contributed by atoms with E-state index in [4.69, 9.17) is 9.47 Å². The first-order valence-electron chi connectivity index (χ1n) is 7.78. The van der Waals surface area contributed by atoms with Crippen molar-refractivity contribution in [2.45, 2.75) is 32.7 Å². The fraction of sp³-hybridized carbons (Fsp3) is 0.529. The van der Waals surface area contributed by atoms with Crippen molar-refractivity contribution in [2.24, 2.45) is 5.92 Å². The van der Waals surface area contributed by atoms with E-state index in [1.54, 1.807) is 18.2 Å². The minimum atomic E-state index is -0.959. The molecule has 0 radical (unpaired) electrons. The number of aliphatic carboxylic acids is 1. The van der Waals surface area contributed by atoms with E-state index in [1.165, 1.54) is 12.0 Å². The lowest BCUT2D eigenvalue weighted by atomic mass is 10.1. The molecule has 0 bridgehead atoms. The Balaban J connectivity index is 2.19. The highest BCUT2D eigenvalue weighted by Crippen LogP contribution is 2.30. The SMILES string of the molecule is COc1cc(C(=O)N2CCCC2C(=O)O)ccc1OCC(C)C. The summed E-state index contributed by atoms with van der Waals surface area (Å²) in [6.07, 6.45) is 1.20. The molecule has 1 saturated heterocycles. The molecule has 1 amide bonds. The number of hydrogen-bond donors (Lipinski definition) is 1. The van der Waals surface area contributed by atoms with E-state index < -0.39 is 12.0 Å². The van der Waals surface area contributed by atoms with Gasteiger partial charge in [0.05, 0.1) is 13.7 Å². The van der Waals surface area contributed by atoms with Crippen molar-refractivity contribution >= 4 is 11.9 Å². The van der Waals surface area contributed by atoms with Crippen LogP contribution in [-0.2, 0) is 4.79 Å². The first-order chi connectivity index (χ1) is 10.9. The van der Waals surface area contributed by atoms with E-state index in [1.807, 2.05) is 13.8 Å². The smallest absolute Gasteiger partial charge is 0.326 e. The van der Waals surface area contributed by atoms with Crippen molar-refractivity contribution in [1.82, 2.24) is 4.90 Å². The number of methoxy groups -OCH3 is 1. The fourth-order valence-corrected chi connectivity index (χ4v) is 2.61. The third-order valence-electron chi connectivity index (χ3n) is 3.78. The Morgan fingerprint density at radius 2 is 2.09 bits per heavy atom. The quantitative estimate of drug-likeness (QED) is 0.871. The number of nitrogens with zero attached hydrogens (tertiary/aromatic N) is 1. The molecule has 0 aromatic heterocycles. The second kappa shape index (κ2) is 7.35. The van der Waals surface area contributed by atoms with Gasteiger partial charge < -0.3 is 19.5 Å². The second-order valence-corrected chi connectivity index (χ2v) is 6.07. The van der Waals surface area contributed by atoms with Gasteiger partial charge in [0.1, 0.15) is 6.04 Å². The monoisotopic (exact) mass is 321 g/mol. The van der Waals surface area contributed by atoms with Gasteiger partial charge in [0.15, 0.2) is 11.5 Å². The first kappa shape index (κ1) is 17.1. The maximum atomic E-state index is 12.6. The Bertz CT molecular complexity index is 584. The summed E-state index contributed by atoms with van der Waals surface area (Å²) in [5.74, 6) is 0.182. The molecule has 1 atom stereocenters. The van der Waals surface area contributed by atoms with Gasteiger partial charge in [-0.05, 0) is 37.0 Å². The molecule has 2 rings (SSSR count). The number of amides is 1. The lowest BCUT2D eigenvalue weighted by Gasteiger charge is -2.22. The minimum Gasteiger partial charge on any atom is -0.493 e. The highest BCUT2D eigenvalue weighted by atomic mass is 16.5.